The van der Waals surface area contributed by atoms with Gasteiger partial charge in [-0.05, 0) is 11.6 Å². The number of hydrogen-bond acceptors (Lipinski definition) is 4. The first kappa shape index (κ1) is 11.9. The molecule has 0 aromatic heterocycles. The zero-order valence-corrected chi connectivity index (χ0v) is 10.2. The fourth-order valence-corrected chi connectivity index (χ4v) is 2.17. The maximum Gasteiger partial charge on any atom is 0.325 e. The van der Waals surface area contributed by atoms with E-state index >= 15 is 0 Å². The van der Waals surface area contributed by atoms with Crippen molar-refractivity contribution in [3.05, 3.63) is 29.8 Å². The normalized spacial score (nSPS) is 18.7. The van der Waals surface area contributed by atoms with Crippen LogP contribution in [0.1, 0.15) is 5.56 Å². The predicted octanol–water partition coefficient (Wildman–Crippen LogP) is 1.24. The van der Waals surface area contributed by atoms with Gasteiger partial charge < -0.3 is 14.4 Å². The molecule has 4 nitrogen and oxygen atoms in total. The summed E-state index contributed by atoms with van der Waals surface area (Å²) >= 11 is 0. The molecular formula is C13H17NO3. The summed E-state index contributed by atoms with van der Waals surface area (Å²) in [5.74, 6) is -0.225. The summed E-state index contributed by atoms with van der Waals surface area (Å²) in [6, 6.07) is 8.10. The number of esters is 1. The third-order valence-corrected chi connectivity index (χ3v) is 3.08. The molecule has 0 spiro atoms. The Morgan fingerprint density at radius 1 is 1.41 bits per heavy atom. The molecule has 1 aliphatic heterocycles. The fraction of sp³-hybridized carbons (Fsp3) is 0.462. The lowest BCUT2D eigenvalue weighted by Crippen LogP contribution is -2.42. The molecule has 0 bridgehead atoms. The Labute approximate surface area is 101 Å². The Kier molecular flexibility index (Phi) is 3.64. The molecule has 1 atom stereocenters. The van der Waals surface area contributed by atoms with Crippen LogP contribution in [0.2, 0.25) is 0 Å². The van der Waals surface area contributed by atoms with Crippen molar-refractivity contribution >= 4 is 11.7 Å². The van der Waals surface area contributed by atoms with Gasteiger partial charge in [-0.3, -0.25) is 4.79 Å². The number of para-hydroxylation sites is 1. The van der Waals surface area contributed by atoms with Crippen molar-refractivity contribution < 1.29 is 14.3 Å². The second-order valence-corrected chi connectivity index (χ2v) is 4.15. The molecule has 4 heteroatoms. The minimum atomic E-state index is -0.225. The van der Waals surface area contributed by atoms with E-state index < -0.39 is 0 Å². The van der Waals surface area contributed by atoms with Crippen molar-refractivity contribution in [2.75, 3.05) is 32.2 Å². The molecule has 1 aliphatic rings. The zero-order chi connectivity index (χ0) is 12.3. The average molecular weight is 235 g/mol. The van der Waals surface area contributed by atoms with Crippen LogP contribution < -0.4 is 4.90 Å². The lowest BCUT2D eigenvalue weighted by atomic mass is 9.99. The standard InChI is InChI=1S/C13H17NO3/c1-16-11-7-10-5-3-4-6-12(10)14(8-11)9-13(15)17-2/h3-6,11H,7-9H2,1-2H3. The van der Waals surface area contributed by atoms with Gasteiger partial charge in [-0.1, -0.05) is 18.2 Å². The zero-order valence-electron chi connectivity index (χ0n) is 10.2. The lowest BCUT2D eigenvalue weighted by molar-refractivity contribution is -0.139. The number of fused-ring (bicyclic) bond motifs is 1. The van der Waals surface area contributed by atoms with Gasteiger partial charge in [0.05, 0.1) is 13.2 Å². The van der Waals surface area contributed by atoms with E-state index in [4.69, 9.17) is 9.47 Å². The van der Waals surface area contributed by atoms with E-state index in [1.54, 1.807) is 7.11 Å². The topological polar surface area (TPSA) is 38.8 Å². The molecule has 1 heterocycles. The van der Waals surface area contributed by atoms with E-state index in [1.807, 2.05) is 23.1 Å². The summed E-state index contributed by atoms with van der Waals surface area (Å²) in [5.41, 5.74) is 2.32. The molecule has 0 aliphatic carbocycles. The Morgan fingerprint density at radius 2 is 2.18 bits per heavy atom. The van der Waals surface area contributed by atoms with Crippen LogP contribution in [0.25, 0.3) is 0 Å². The Balaban J connectivity index is 2.22. The van der Waals surface area contributed by atoms with E-state index in [0.717, 1.165) is 18.7 Å². The molecule has 1 aromatic carbocycles. The highest BCUT2D eigenvalue weighted by Crippen LogP contribution is 2.27. The summed E-state index contributed by atoms with van der Waals surface area (Å²) < 4.78 is 10.1. The maximum atomic E-state index is 11.4. The number of hydrogen-bond donors (Lipinski definition) is 0. The lowest BCUT2D eigenvalue weighted by Gasteiger charge is -2.34. The monoisotopic (exact) mass is 235 g/mol. The van der Waals surface area contributed by atoms with Crippen LogP contribution in [0.3, 0.4) is 0 Å². The summed E-state index contributed by atoms with van der Waals surface area (Å²) in [4.78, 5) is 13.4. The highest BCUT2D eigenvalue weighted by atomic mass is 16.5. The van der Waals surface area contributed by atoms with Gasteiger partial charge in [0.1, 0.15) is 6.54 Å². The first-order chi connectivity index (χ1) is 8.24. The van der Waals surface area contributed by atoms with Crippen molar-refractivity contribution in [3.8, 4) is 0 Å². The summed E-state index contributed by atoms with van der Waals surface area (Å²) in [5, 5.41) is 0. The molecule has 0 radical (unpaired) electrons. The number of anilines is 1. The minimum Gasteiger partial charge on any atom is -0.468 e. The number of carbonyl (C=O) groups is 1. The van der Waals surface area contributed by atoms with E-state index in [9.17, 15) is 4.79 Å². The molecule has 17 heavy (non-hydrogen) atoms. The Morgan fingerprint density at radius 3 is 2.88 bits per heavy atom. The van der Waals surface area contributed by atoms with Gasteiger partial charge in [-0.25, -0.2) is 0 Å². The van der Waals surface area contributed by atoms with Crippen molar-refractivity contribution in [2.45, 2.75) is 12.5 Å². The summed E-state index contributed by atoms with van der Waals surface area (Å²) in [6.45, 7) is 0.996. The molecule has 0 saturated heterocycles. The van der Waals surface area contributed by atoms with Crippen LogP contribution in [0, 0.1) is 0 Å². The van der Waals surface area contributed by atoms with E-state index in [-0.39, 0.29) is 18.6 Å². The molecule has 1 aromatic rings. The second kappa shape index (κ2) is 5.19. The molecule has 0 N–H and O–H groups in total. The number of ether oxygens (including phenoxy) is 2. The quantitative estimate of drug-likeness (QED) is 0.739. The van der Waals surface area contributed by atoms with Gasteiger partial charge >= 0.3 is 5.97 Å². The van der Waals surface area contributed by atoms with Crippen LogP contribution in [-0.2, 0) is 20.7 Å². The fourth-order valence-electron chi connectivity index (χ4n) is 2.17. The van der Waals surface area contributed by atoms with Crippen LogP contribution in [0.15, 0.2) is 24.3 Å². The number of nitrogens with zero attached hydrogens (tertiary/aromatic N) is 1. The Hall–Kier alpha value is -1.55. The summed E-state index contributed by atoms with van der Waals surface area (Å²) in [7, 11) is 3.11. The van der Waals surface area contributed by atoms with Crippen molar-refractivity contribution in [1.82, 2.24) is 0 Å². The highest BCUT2D eigenvalue weighted by Gasteiger charge is 2.25. The average Bonchev–Trinajstić information content (AvgIpc) is 2.38. The molecule has 1 unspecified atom stereocenters. The smallest absolute Gasteiger partial charge is 0.325 e. The van der Waals surface area contributed by atoms with E-state index in [1.165, 1.54) is 12.7 Å². The van der Waals surface area contributed by atoms with Gasteiger partial charge in [0.15, 0.2) is 0 Å². The molecule has 92 valence electrons. The molecule has 0 fully saturated rings. The third-order valence-electron chi connectivity index (χ3n) is 3.08. The van der Waals surface area contributed by atoms with Gasteiger partial charge in [0, 0.05) is 25.8 Å². The highest BCUT2D eigenvalue weighted by molar-refractivity contribution is 5.76. The molecular weight excluding hydrogens is 218 g/mol. The van der Waals surface area contributed by atoms with Gasteiger partial charge in [0.2, 0.25) is 0 Å². The van der Waals surface area contributed by atoms with E-state index in [2.05, 4.69) is 6.07 Å². The first-order valence-electron chi connectivity index (χ1n) is 5.67. The number of benzene rings is 1. The van der Waals surface area contributed by atoms with Crippen molar-refractivity contribution in [1.29, 1.82) is 0 Å². The van der Waals surface area contributed by atoms with Gasteiger partial charge in [-0.2, -0.15) is 0 Å². The van der Waals surface area contributed by atoms with Crippen molar-refractivity contribution in [3.63, 3.8) is 0 Å². The van der Waals surface area contributed by atoms with Gasteiger partial charge in [-0.15, -0.1) is 0 Å². The second-order valence-electron chi connectivity index (χ2n) is 4.15. The van der Waals surface area contributed by atoms with Crippen LogP contribution in [-0.4, -0.2) is 39.4 Å². The molecule has 2 rings (SSSR count). The predicted molar refractivity (Wildman–Crippen MR) is 65.2 cm³/mol. The van der Waals surface area contributed by atoms with Crippen LogP contribution in [0.5, 0.6) is 0 Å². The Bertz CT molecular complexity index is 405. The molecule has 0 amide bonds. The first-order valence-corrected chi connectivity index (χ1v) is 5.67. The number of methoxy groups -OCH3 is 2. The van der Waals surface area contributed by atoms with E-state index in [0.29, 0.717) is 0 Å². The summed E-state index contributed by atoms with van der Waals surface area (Å²) in [6.07, 6.45) is 1.03. The number of carbonyl (C=O) groups excluding carboxylic acids is 1. The van der Waals surface area contributed by atoms with Crippen LogP contribution >= 0.6 is 0 Å². The van der Waals surface area contributed by atoms with Gasteiger partial charge in [0.25, 0.3) is 0 Å². The number of rotatable bonds is 3. The largest absolute Gasteiger partial charge is 0.468 e. The van der Waals surface area contributed by atoms with Crippen LogP contribution in [0.4, 0.5) is 5.69 Å². The maximum absolute atomic E-state index is 11.4. The van der Waals surface area contributed by atoms with Crippen molar-refractivity contribution in [2.24, 2.45) is 0 Å². The third kappa shape index (κ3) is 2.58. The SMILES string of the molecule is COC(=O)CN1CC(OC)Cc2ccccc21. The molecule has 0 saturated carbocycles. The minimum absolute atomic E-state index is 0.134.